The summed E-state index contributed by atoms with van der Waals surface area (Å²) in [5.41, 5.74) is 0.264. The lowest BCUT2D eigenvalue weighted by Crippen LogP contribution is -2.64. The molecular weight excluding hydrogens is 186 g/mol. The third-order valence-electron chi connectivity index (χ3n) is 4.74. The van der Waals surface area contributed by atoms with E-state index in [1.165, 1.54) is 51.4 Å². The monoisotopic (exact) mass is 209 g/mol. The van der Waals surface area contributed by atoms with Crippen molar-refractivity contribution in [2.45, 2.75) is 63.0 Å². The average Bonchev–Trinajstić information content (AvgIpc) is 2.28. The molecule has 0 aromatic carbocycles. The number of morpholine rings is 1. The summed E-state index contributed by atoms with van der Waals surface area (Å²) in [6, 6.07) is 0.681. The van der Waals surface area contributed by atoms with Gasteiger partial charge in [-0.25, -0.2) is 0 Å². The molecule has 2 heteroatoms. The van der Waals surface area contributed by atoms with Crippen LogP contribution in [0.5, 0.6) is 0 Å². The molecular formula is C13H23NO. The third-order valence-corrected chi connectivity index (χ3v) is 4.74. The van der Waals surface area contributed by atoms with Crippen molar-refractivity contribution in [3.8, 4) is 0 Å². The Labute approximate surface area is 92.8 Å². The second-order valence-electron chi connectivity index (χ2n) is 5.60. The summed E-state index contributed by atoms with van der Waals surface area (Å²) < 4.78 is 6.10. The van der Waals surface area contributed by atoms with Gasteiger partial charge in [0.1, 0.15) is 0 Å². The lowest BCUT2D eigenvalue weighted by atomic mass is 9.67. The zero-order valence-electron chi connectivity index (χ0n) is 9.63. The first-order valence-electron chi connectivity index (χ1n) is 6.78. The second-order valence-corrected chi connectivity index (χ2v) is 5.60. The zero-order chi connectivity index (χ0) is 10.1. The molecule has 3 fully saturated rings. The van der Waals surface area contributed by atoms with E-state index >= 15 is 0 Å². The maximum Gasteiger partial charge on any atom is 0.0838 e. The van der Waals surface area contributed by atoms with Crippen molar-refractivity contribution in [2.75, 3.05) is 13.2 Å². The van der Waals surface area contributed by atoms with Gasteiger partial charge in [-0.15, -0.1) is 0 Å². The Morgan fingerprint density at radius 1 is 1.00 bits per heavy atom. The van der Waals surface area contributed by atoms with Gasteiger partial charge in [-0.3, -0.25) is 0 Å². The number of nitrogens with one attached hydrogen (secondary N) is 1. The van der Waals surface area contributed by atoms with Gasteiger partial charge in [0.05, 0.1) is 12.2 Å². The lowest BCUT2D eigenvalue weighted by Gasteiger charge is -2.53. The van der Waals surface area contributed by atoms with Gasteiger partial charge in [0.2, 0.25) is 0 Å². The van der Waals surface area contributed by atoms with Crippen LogP contribution in [0.15, 0.2) is 0 Å². The Bertz CT molecular complexity index is 219. The van der Waals surface area contributed by atoms with Crippen molar-refractivity contribution in [1.29, 1.82) is 0 Å². The fourth-order valence-corrected chi connectivity index (χ4v) is 3.79. The van der Waals surface area contributed by atoms with Crippen molar-refractivity contribution in [3.05, 3.63) is 0 Å². The summed E-state index contributed by atoms with van der Waals surface area (Å²) in [7, 11) is 0. The molecule has 1 unspecified atom stereocenters. The van der Waals surface area contributed by atoms with Gasteiger partial charge in [0.25, 0.3) is 0 Å². The molecule has 1 spiro atoms. The second kappa shape index (κ2) is 4.06. The smallest absolute Gasteiger partial charge is 0.0838 e. The minimum atomic E-state index is 0.264. The van der Waals surface area contributed by atoms with Gasteiger partial charge >= 0.3 is 0 Å². The van der Waals surface area contributed by atoms with Crippen molar-refractivity contribution < 1.29 is 4.74 Å². The molecule has 1 saturated heterocycles. The van der Waals surface area contributed by atoms with Crippen LogP contribution in [0, 0.1) is 5.92 Å². The largest absolute Gasteiger partial charge is 0.372 e. The molecule has 3 aliphatic rings. The van der Waals surface area contributed by atoms with Crippen LogP contribution in [-0.4, -0.2) is 24.8 Å². The van der Waals surface area contributed by atoms with Gasteiger partial charge in [0.15, 0.2) is 0 Å². The molecule has 2 nitrogen and oxygen atoms in total. The highest BCUT2D eigenvalue weighted by molar-refractivity contribution is 5.04. The molecule has 3 rings (SSSR count). The van der Waals surface area contributed by atoms with Crippen LogP contribution in [0.25, 0.3) is 0 Å². The summed E-state index contributed by atoms with van der Waals surface area (Å²) in [5.74, 6) is 0.902. The summed E-state index contributed by atoms with van der Waals surface area (Å²) in [5, 5.41) is 3.76. The molecule has 0 radical (unpaired) electrons. The van der Waals surface area contributed by atoms with Crippen molar-refractivity contribution in [1.82, 2.24) is 5.32 Å². The van der Waals surface area contributed by atoms with Crippen LogP contribution in [0.3, 0.4) is 0 Å². The number of hydrogen-bond donors (Lipinski definition) is 1. The van der Waals surface area contributed by atoms with E-state index in [9.17, 15) is 0 Å². The molecule has 1 atom stereocenters. The van der Waals surface area contributed by atoms with Crippen molar-refractivity contribution >= 4 is 0 Å². The predicted molar refractivity (Wildman–Crippen MR) is 60.9 cm³/mol. The molecule has 1 aliphatic heterocycles. The normalized spacial score (nSPS) is 36.4. The van der Waals surface area contributed by atoms with Crippen LogP contribution in [0.1, 0.15) is 51.4 Å². The number of rotatable bonds is 1. The fraction of sp³-hybridized carbons (Fsp3) is 1.00. The van der Waals surface area contributed by atoms with Crippen LogP contribution in [-0.2, 0) is 4.74 Å². The fourth-order valence-electron chi connectivity index (χ4n) is 3.79. The first-order valence-corrected chi connectivity index (χ1v) is 6.78. The van der Waals surface area contributed by atoms with E-state index in [0.29, 0.717) is 6.04 Å². The Hall–Kier alpha value is -0.0800. The Balaban J connectivity index is 1.70. The summed E-state index contributed by atoms with van der Waals surface area (Å²) in [4.78, 5) is 0. The van der Waals surface area contributed by atoms with Gasteiger partial charge in [-0.05, 0) is 38.0 Å². The van der Waals surface area contributed by atoms with E-state index in [2.05, 4.69) is 5.32 Å². The van der Waals surface area contributed by atoms with E-state index in [1.807, 2.05) is 0 Å². The van der Waals surface area contributed by atoms with E-state index in [4.69, 9.17) is 4.74 Å². The van der Waals surface area contributed by atoms with Gasteiger partial charge in [0, 0.05) is 12.6 Å². The molecule has 0 aromatic rings. The van der Waals surface area contributed by atoms with Gasteiger partial charge < -0.3 is 10.1 Å². The molecule has 2 saturated carbocycles. The Kier molecular flexibility index (Phi) is 2.73. The van der Waals surface area contributed by atoms with E-state index in [1.54, 1.807) is 0 Å². The van der Waals surface area contributed by atoms with Crippen LogP contribution < -0.4 is 5.32 Å². The molecule has 86 valence electrons. The molecule has 0 amide bonds. The molecule has 0 aromatic heterocycles. The summed E-state index contributed by atoms with van der Waals surface area (Å²) in [6.07, 6.45) is 11.2. The standard InChI is InChI=1S/C13H23NO/c1-2-5-11(6-3-1)12-13(7-4-8-13)15-10-9-14-12/h11-12,14H,1-10H2. The van der Waals surface area contributed by atoms with Crippen molar-refractivity contribution in [2.24, 2.45) is 5.92 Å². The zero-order valence-corrected chi connectivity index (χ0v) is 9.63. The maximum absolute atomic E-state index is 6.10. The first kappa shape index (κ1) is 10.1. The maximum atomic E-state index is 6.10. The predicted octanol–water partition coefficient (Wildman–Crippen LogP) is 2.48. The summed E-state index contributed by atoms with van der Waals surface area (Å²) in [6.45, 7) is 2.01. The molecule has 1 heterocycles. The average molecular weight is 209 g/mol. The molecule has 2 aliphatic carbocycles. The highest BCUT2D eigenvalue weighted by atomic mass is 16.5. The van der Waals surface area contributed by atoms with Gasteiger partial charge in [-0.1, -0.05) is 19.3 Å². The van der Waals surface area contributed by atoms with E-state index < -0.39 is 0 Å². The number of ether oxygens (including phenoxy) is 1. The quantitative estimate of drug-likeness (QED) is 0.716. The van der Waals surface area contributed by atoms with Crippen LogP contribution >= 0.6 is 0 Å². The Morgan fingerprint density at radius 3 is 2.47 bits per heavy atom. The minimum absolute atomic E-state index is 0.264. The van der Waals surface area contributed by atoms with Gasteiger partial charge in [-0.2, -0.15) is 0 Å². The van der Waals surface area contributed by atoms with Crippen LogP contribution in [0.4, 0.5) is 0 Å². The highest BCUT2D eigenvalue weighted by Crippen LogP contribution is 2.45. The minimum Gasteiger partial charge on any atom is -0.372 e. The molecule has 1 N–H and O–H groups in total. The van der Waals surface area contributed by atoms with Crippen LogP contribution in [0.2, 0.25) is 0 Å². The first-order chi connectivity index (χ1) is 7.41. The Morgan fingerprint density at radius 2 is 1.80 bits per heavy atom. The van der Waals surface area contributed by atoms with E-state index in [-0.39, 0.29) is 5.60 Å². The SMILES string of the molecule is C1CCC(C2NCCOC23CCC3)CC1. The number of hydrogen-bond acceptors (Lipinski definition) is 2. The topological polar surface area (TPSA) is 21.3 Å². The molecule has 0 bridgehead atoms. The lowest BCUT2D eigenvalue weighted by molar-refractivity contribution is -0.158. The molecule has 15 heavy (non-hydrogen) atoms. The van der Waals surface area contributed by atoms with Crippen molar-refractivity contribution in [3.63, 3.8) is 0 Å². The van der Waals surface area contributed by atoms with E-state index in [0.717, 1.165) is 19.1 Å². The summed E-state index contributed by atoms with van der Waals surface area (Å²) >= 11 is 0. The third kappa shape index (κ3) is 1.72. The highest BCUT2D eigenvalue weighted by Gasteiger charge is 2.49.